The first-order chi connectivity index (χ1) is 16.5. The number of hydrogen-bond donors (Lipinski definition) is 1. The monoisotopic (exact) mass is 475 g/mol. The highest BCUT2D eigenvalue weighted by molar-refractivity contribution is 8.00. The second kappa shape index (κ2) is 10.5. The number of nitrogens with zero attached hydrogens (tertiary/aromatic N) is 4. The second-order valence-electron chi connectivity index (χ2n) is 7.71. The minimum atomic E-state index is -0.492. The first-order valence-electron chi connectivity index (χ1n) is 10.9. The third-order valence-electron chi connectivity index (χ3n) is 5.27. The van der Waals surface area contributed by atoms with Gasteiger partial charge in [0.1, 0.15) is 5.75 Å². The lowest BCUT2D eigenvalue weighted by Crippen LogP contribution is -2.29. The first kappa shape index (κ1) is 23.4. The Hall–Kier alpha value is -3.72. The molecule has 0 aliphatic carbocycles. The molecule has 2 aromatic carbocycles. The van der Waals surface area contributed by atoms with Crippen molar-refractivity contribution in [2.24, 2.45) is 0 Å². The molecule has 0 spiro atoms. The average Bonchev–Trinajstić information content (AvgIpc) is 2.85. The van der Waals surface area contributed by atoms with Crippen LogP contribution in [0.3, 0.4) is 0 Å². The lowest BCUT2D eigenvalue weighted by molar-refractivity contribution is -0.115. The minimum absolute atomic E-state index is 0.198. The largest absolute Gasteiger partial charge is 0.495 e. The summed E-state index contributed by atoms with van der Waals surface area (Å²) in [7, 11) is 1.56. The molecule has 1 atom stereocenters. The number of nitrogens with one attached hydrogen (secondary N) is 1. The van der Waals surface area contributed by atoms with Crippen LogP contribution < -0.4 is 15.6 Å². The average molecular weight is 476 g/mol. The number of ether oxygens (including phenoxy) is 1. The van der Waals surface area contributed by atoms with Gasteiger partial charge in [0.2, 0.25) is 5.91 Å². The smallest absolute Gasteiger partial charge is 0.282 e. The first-order valence-corrected chi connectivity index (χ1v) is 11.8. The fourth-order valence-corrected chi connectivity index (χ4v) is 4.51. The molecule has 174 valence electrons. The van der Waals surface area contributed by atoms with Gasteiger partial charge in [-0.05, 0) is 36.6 Å². The Morgan fingerprint density at radius 3 is 2.65 bits per heavy atom. The van der Waals surface area contributed by atoms with Gasteiger partial charge in [-0.15, -0.1) is 0 Å². The van der Waals surface area contributed by atoms with Gasteiger partial charge in [0.15, 0.2) is 16.3 Å². The number of thioether (sulfide) groups is 1. The predicted molar refractivity (Wildman–Crippen MR) is 133 cm³/mol. The van der Waals surface area contributed by atoms with Gasteiger partial charge < -0.3 is 10.1 Å². The van der Waals surface area contributed by atoms with E-state index in [-0.39, 0.29) is 22.6 Å². The van der Waals surface area contributed by atoms with Crippen LogP contribution in [-0.2, 0) is 11.3 Å². The van der Waals surface area contributed by atoms with Crippen LogP contribution in [0.1, 0.15) is 24.5 Å². The van der Waals surface area contributed by atoms with Crippen molar-refractivity contribution in [3.63, 3.8) is 0 Å². The van der Waals surface area contributed by atoms with E-state index in [0.717, 1.165) is 11.1 Å². The summed E-state index contributed by atoms with van der Waals surface area (Å²) in [5, 5.41) is 2.89. The highest BCUT2D eigenvalue weighted by Crippen LogP contribution is 2.29. The summed E-state index contributed by atoms with van der Waals surface area (Å²) >= 11 is 1.24. The van der Waals surface area contributed by atoms with Crippen molar-refractivity contribution >= 4 is 34.5 Å². The predicted octanol–water partition coefficient (Wildman–Crippen LogP) is 4.06. The number of rotatable bonds is 8. The van der Waals surface area contributed by atoms with Gasteiger partial charge in [0.05, 0.1) is 24.6 Å². The quantitative estimate of drug-likeness (QED) is 0.303. The molecule has 1 N–H and O–H groups in total. The van der Waals surface area contributed by atoms with E-state index in [2.05, 4.69) is 20.3 Å². The van der Waals surface area contributed by atoms with Gasteiger partial charge in [-0.2, -0.15) is 0 Å². The molecule has 4 aromatic rings. The van der Waals surface area contributed by atoms with E-state index in [4.69, 9.17) is 4.74 Å². The van der Waals surface area contributed by atoms with E-state index in [0.29, 0.717) is 29.6 Å². The molecule has 0 aliphatic rings. The van der Waals surface area contributed by atoms with Crippen LogP contribution in [0.25, 0.3) is 11.2 Å². The number of aromatic nitrogens is 4. The maximum absolute atomic E-state index is 13.3. The number of anilines is 1. The molecule has 1 amide bonds. The molecule has 0 radical (unpaired) electrons. The molecule has 0 aliphatic heterocycles. The minimum Gasteiger partial charge on any atom is -0.495 e. The third kappa shape index (κ3) is 5.09. The van der Waals surface area contributed by atoms with Crippen LogP contribution in [0.2, 0.25) is 0 Å². The lowest BCUT2D eigenvalue weighted by atomic mass is 10.2. The maximum Gasteiger partial charge on any atom is 0.282 e. The summed E-state index contributed by atoms with van der Waals surface area (Å²) in [5.74, 6) is 0.384. The van der Waals surface area contributed by atoms with Crippen LogP contribution >= 0.6 is 11.8 Å². The Morgan fingerprint density at radius 1 is 1.15 bits per heavy atom. The zero-order chi connectivity index (χ0) is 24.1. The molecule has 34 heavy (non-hydrogen) atoms. The Balaban J connectivity index is 1.69. The molecule has 4 rings (SSSR count). The second-order valence-corrected chi connectivity index (χ2v) is 8.88. The summed E-state index contributed by atoms with van der Waals surface area (Å²) in [6, 6.07) is 15.2. The van der Waals surface area contributed by atoms with Crippen LogP contribution in [0.15, 0.2) is 70.9 Å². The Morgan fingerprint density at radius 2 is 1.91 bits per heavy atom. The fraction of sp³-hybridized carbons (Fsp3) is 0.240. The number of methoxy groups -OCH3 is 1. The topological polar surface area (TPSA) is 99.0 Å². The van der Waals surface area contributed by atoms with E-state index in [9.17, 15) is 9.59 Å². The van der Waals surface area contributed by atoms with E-state index in [1.54, 1.807) is 11.7 Å². The van der Waals surface area contributed by atoms with E-state index in [1.165, 1.54) is 24.2 Å². The Bertz CT molecular complexity index is 1370. The number of fused-ring (bicyclic) bond motifs is 1. The van der Waals surface area contributed by atoms with Crippen molar-refractivity contribution in [3.05, 3.63) is 82.4 Å². The zero-order valence-electron chi connectivity index (χ0n) is 19.2. The van der Waals surface area contributed by atoms with Crippen LogP contribution in [0, 0.1) is 6.92 Å². The summed E-state index contributed by atoms with van der Waals surface area (Å²) in [4.78, 5) is 39.5. The highest BCUT2D eigenvalue weighted by Gasteiger charge is 2.23. The number of carbonyl (C=O) groups is 1. The van der Waals surface area contributed by atoms with Crippen LogP contribution in [-0.4, -0.2) is 37.8 Å². The van der Waals surface area contributed by atoms with E-state index < -0.39 is 5.25 Å². The summed E-state index contributed by atoms with van der Waals surface area (Å²) in [6.07, 6.45) is 3.51. The van der Waals surface area contributed by atoms with Gasteiger partial charge in [0.25, 0.3) is 5.56 Å². The normalized spacial score (nSPS) is 11.9. The molecule has 8 nitrogen and oxygen atoms in total. The van der Waals surface area contributed by atoms with Crippen molar-refractivity contribution < 1.29 is 9.53 Å². The maximum atomic E-state index is 13.3. The molecular formula is C25H25N5O3S. The van der Waals surface area contributed by atoms with Crippen LogP contribution in [0.4, 0.5) is 5.69 Å². The molecule has 0 unspecified atom stereocenters. The number of benzene rings is 2. The number of carbonyl (C=O) groups excluding carboxylic acids is 1. The van der Waals surface area contributed by atoms with E-state index in [1.807, 2.05) is 62.4 Å². The molecular weight excluding hydrogens is 450 g/mol. The Kier molecular flexibility index (Phi) is 7.22. The van der Waals surface area contributed by atoms with Gasteiger partial charge in [0, 0.05) is 12.4 Å². The van der Waals surface area contributed by atoms with Crippen molar-refractivity contribution in [2.45, 2.75) is 37.2 Å². The molecule has 0 fully saturated rings. The molecule has 2 aromatic heterocycles. The number of aryl methyl sites for hydroxylation is 1. The SMILES string of the molecule is CC[C@H](Sc1nc2nccnc2c(=O)n1Cc1ccccc1)C(=O)Nc1cc(C)ccc1OC. The van der Waals surface area contributed by atoms with Gasteiger partial charge in [-0.3, -0.25) is 14.2 Å². The van der Waals surface area contributed by atoms with Crippen molar-refractivity contribution in [2.75, 3.05) is 12.4 Å². The summed E-state index contributed by atoms with van der Waals surface area (Å²) in [6.45, 7) is 4.18. The lowest BCUT2D eigenvalue weighted by Gasteiger charge is -2.18. The fourth-order valence-electron chi connectivity index (χ4n) is 3.51. The van der Waals surface area contributed by atoms with E-state index >= 15 is 0 Å². The molecule has 0 saturated carbocycles. The summed E-state index contributed by atoms with van der Waals surface area (Å²) in [5.41, 5.74) is 2.71. The van der Waals surface area contributed by atoms with Crippen molar-refractivity contribution in [1.29, 1.82) is 0 Å². The number of hydrogen-bond acceptors (Lipinski definition) is 7. The van der Waals surface area contributed by atoms with Gasteiger partial charge in [-0.1, -0.05) is 55.1 Å². The van der Waals surface area contributed by atoms with Gasteiger partial charge in [-0.25, -0.2) is 15.0 Å². The third-order valence-corrected chi connectivity index (χ3v) is 6.62. The molecule has 2 heterocycles. The number of amides is 1. The Labute approximate surface area is 201 Å². The molecule has 0 saturated heterocycles. The zero-order valence-corrected chi connectivity index (χ0v) is 20.0. The highest BCUT2D eigenvalue weighted by atomic mass is 32.2. The molecule has 9 heteroatoms. The van der Waals surface area contributed by atoms with Crippen molar-refractivity contribution in [3.8, 4) is 5.75 Å². The van der Waals surface area contributed by atoms with Crippen LogP contribution in [0.5, 0.6) is 5.75 Å². The van der Waals surface area contributed by atoms with Crippen molar-refractivity contribution in [1.82, 2.24) is 19.5 Å². The van der Waals surface area contributed by atoms with Gasteiger partial charge >= 0.3 is 0 Å². The summed E-state index contributed by atoms with van der Waals surface area (Å²) < 4.78 is 6.94. The standard InChI is InChI=1S/C25H25N5O3S/c1-4-20(23(31)28-18-14-16(2)10-11-19(18)33-3)34-25-29-22-21(26-12-13-27-22)24(32)30(25)15-17-8-6-5-7-9-17/h5-14,20H,4,15H2,1-3H3,(H,28,31)/t20-/m0/s1. The molecule has 0 bridgehead atoms.